The van der Waals surface area contributed by atoms with Crippen molar-refractivity contribution in [2.45, 2.75) is 43.9 Å². The van der Waals surface area contributed by atoms with Crippen LogP contribution in [0.2, 0.25) is 0 Å². The molecule has 1 amide bonds. The molecule has 2 N–H and O–H groups in total. The van der Waals surface area contributed by atoms with Gasteiger partial charge in [0.2, 0.25) is 5.56 Å². The van der Waals surface area contributed by atoms with Gasteiger partial charge in [0.15, 0.2) is 9.84 Å². The first-order valence-electron chi connectivity index (χ1n) is 6.98. The summed E-state index contributed by atoms with van der Waals surface area (Å²) in [4.78, 5) is 26.2. The fraction of sp³-hybridized carbons (Fsp3) is 0.571. The van der Waals surface area contributed by atoms with E-state index in [4.69, 9.17) is 0 Å². The average Bonchev–Trinajstić information content (AvgIpc) is 2.37. The van der Waals surface area contributed by atoms with E-state index in [1.165, 1.54) is 12.3 Å². The van der Waals surface area contributed by atoms with Crippen LogP contribution >= 0.6 is 0 Å². The van der Waals surface area contributed by atoms with Crippen molar-refractivity contribution < 1.29 is 13.2 Å². The van der Waals surface area contributed by atoms with Crippen molar-refractivity contribution in [1.82, 2.24) is 10.3 Å². The third-order valence-electron chi connectivity index (χ3n) is 3.81. The highest BCUT2D eigenvalue weighted by molar-refractivity contribution is 7.91. The first kappa shape index (κ1) is 15.8. The zero-order valence-electron chi connectivity index (χ0n) is 12.2. The number of amides is 1. The molecule has 1 aromatic heterocycles. The number of hydrogen-bond donors (Lipinski definition) is 2. The Bertz CT molecular complexity index is 693. The number of pyridine rings is 1. The maximum atomic E-state index is 12.2. The molecular formula is C14H20N2O4S. The number of rotatable bonds is 3. The van der Waals surface area contributed by atoms with Gasteiger partial charge in [0.1, 0.15) is 0 Å². The van der Waals surface area contributed by atoms with E-state index in [9.17, 15) is 18.0 Å². The molecular weight excluding hydrogens is 292 g/mol. The molecule has 1 saturated carbocycles. The predicted octanol–water partition coefficient (Wildman–Crippen LogP) is 0.769. The number of sulfone groups is 1. The SMILES string of the molecule is Cc1cc(C(=O)N[C@@H]2CCCC[C@H]2S(C)(=O)=O)cc(=O)[nH]1. The summed E-state index contributed by atoms with van der Waals surface area (Å²) in [6, 6.07) is 2.41. The van der Waals surface area contributed by atoms with Crippen LogP contribution in [0.4, 0.5) is 0 Å². The van der Waals surface area contributed by atoms with Crippen molar-refractivity contribution >= 4 is 15.7 Å². The second-order valence-corrected chi connectivity index (χ2v) is 7.91. The van der Waals surface area contributed by atoms with Gasteiger partial charge in [0, 0.05) is 29.6 Å². The molecule has 0 aromatic carbocycles. The van der Waals surface area contributed by atoms with Gasteiger partial charge in [0.05, 0.1) is 5.25 Å². The number of carbonyl (C=O) groups excluding carboxylic acids is 1. The lowest BCUT2D eigenvalue weighted by Gasteiger charge is -2.30. The minimum atomic E-state index is -3.20. The largest absolute Gasteiger partial charge is 0.348 e. The number of aromatic amines is 1. The van der Waals surface area contributed by atoms with Crippen molar-refractivity contribution in [3.05, 3.63) is 33.7 Å². The van der Waals surface area contributed by atoms with E-state index in [0.717, 1.165) is 12.8 Å². The normalized spacial score (nSPS) is 22.8. The molecule has 0 radical (unpaired) electrons. The van der Waals surface area contributed by atoms with Crippen LogP contribution in [0.1, 0.15) is 41.7 Å². The smallest absolute Gasteiger partial charge is 0.251 e. The van der Waals surface area contributed by atoms with E-state index in [1.54, 1.807) is 13.0 Å². The van der Waals surface area contributed by atoms with E-state index in [0.29, 0.717) is 18.5 Å². The molecule has 1 fully saturated rings. The first-order chi connectivity index (χ1) is 9.77. The molecule has 6 nitrogen and oxygen atoms in total. The number of aromatic nitrogens is 1. The highest BCUT2D eigenvalue weighted by Gasteiger charge is 2.33. The van der Waals surface area contributed by atoms with Gasteiger partial charge in [-0.05, 0) is 25.8 Å². The van der Waals surface area contributed by atoms with E-state index in [-0.39, 0.29) is 17.2 Å². The van der Waals surface area contributed by atoms with Gasteiger partial charge in [-0.3, -0.25) is 9.59 Å². The van der Waals surface area contributed by atoms with Crippen molar-refractivity contribution in [2.24, 2.45) is 0 Å². The van der Waals surface area contributed by atoms with Gasteiger partial charge in [-0.1, -0.05) is 12.8 Å². The summed E-state index contributed by atoms with van der Waals surface area (Å²) in [7, 11) is -3.20. The summed E-state index contributed by atoms with van der Waals surface area (Å²) in [6.07, 6.45) is 4.17. The Morgan fingerprint density at radius 2 is 1.95 bits per heavy atom. The summed E-state index contributed by atoms with van der Waals surface area (Å²) < 4.78 is 23.6. The molecule has 0 saturated heterocycles. The van der Waals surface area contributed by atoms with Gasteiger partial charge < -0.3 is 10.3 Å². The standard InChI is InChI=1S/C14H20N2O4S/c1-9-7-10(8-13(17)15-9)14(18)16-11-5-3-4-6-12(11)21(2,19)20/h7-8,11-12H,3-6H2,1-2H3,(H,15,17)(H,16,18)/t11-,12-/m1/s1. The van der Waals surface area contributed by atoms with E-state index < -0.39 is 21.0 Å². The van der Waals surface area contributed by atoms with E-state index >= 15 is 0 Å². The summed E-state index contributed by atoms with van der Waals surface area (Å²) in [6.45, 7) is 1.69. The molecule has 116 valence electrons. The van der Waals surface area contributed by atoms with E-state index in [2.05, 4.69) is 10.3 Å². The molecule has 1 aromatic rings. The Balaban J connectivity index is 2.19. The summed E-state index contributed by atoms with van der Waals surface area (Å²) in [5.41, 5.74) is 0.508. The quantitative estimate of drug-likeness (QED) is 0.861. The van der Waals surface area contributed by atoms with Crippen LogP contribution < -0.4 is 10.9 Å². The van der Waals surface area contributed by atoms with Crippen LogP contribution in [0.15, 0.2) is 16.9 Å². The van der Waals surface area contributed by atoms with Crippen molar-refractivity contribution in [2.75, 3.05) is 6.26 Å². The fourth-order valence-electron chi connectivity index (χ4n) is 2.84. The molecule has 2 atom stereocenters. The predicted molar refractivity (Wildman–Crippen MR) is 80.2 cm³/mol. The zero-order valence-corrected chi connectivity index (χ0v) is 13.0. The lowest BCUT2D eigenvalue weighted by atomic mass is 9.94. The topological polar surface area (TPSA) is 96.1 Å². The molecule has 1 aliphatic carbocycles. The maximum absolute atomic E-state index is 12.2. The van der Waals surface area contributed by atoms with E-state index in [1.807, 2.05) is 0 Å². The molecule has 0 unspecified atom stereocenters. The van der Waals surface area contributed by atoms with Crippen molar-refractivity contribution in [3.63, 3.8) is 0 Å². The molecule has 2 rings (SSSR count). The second kappa shape index (κ2) is 6.01. The number of aryl methyl sites for hydroxylation is 1. The van der Waals surface area contributed by atoms with Crippen LogP contribution in [0.5, 0.6) is 0 Å². The Hall–Kier alpha value is -1.63. The van der Waals surface area contributed by atoms with Crippen LogP contribution in [-0.4, -0.2) is 36.9 Å². The van der Waals surface area contributed by atoms with Gasteiger partial charge in [0.25, 0.3) is 5.91 Å². The fourth-order valence-corrected chi connectivity index (χ4v) is 4.24. The minimum absolute atomic E-state index is 0.258. The molecule has 0 bridgehead atoms. The lowest BCUT2D eigenvalue weighted by Crippen LogP contribution is -2.48. The number of hydrogen-bond acceptors (Lipinski definition) is 4. The summed E-state index contributed by atoms with van der Waals surface area (Å²) in [5, 5.41) is 2.23. The van der Waals surface area contributed by atoms with Crippen molar-refractivity contribution in [3.8, 4) is 0 Å². The Morgan fingerprint density at radius 1 is 1.29 bits per heavy atom. The third-order valence-corrected chi connectivity index (χ3v) is 5.47. The molecule has 1 aliphatic rings. The molecule has 7 heteroatoms. The lowest BCUT2D eigenvalue weighted by molar-refractivity contribution is 0.0928. The van der Waals surface area contributed by atoms with Gasteiger partial charge in [-0.2, -0.15) is 0 Å². The summed E-state index contributed by atoms with van der Waals surface area (Å²) >= 11 is 0. The average molecular weight is 312 g/mol. The molecule has 1 heterocycles. The number of nitrogens with one attached hydrogen (secondary N) is 2. The third kappa shape index (κ3) is 3.93. The monoisotopic (exact) mass is 312 g/mol. The highest BCUT2D eigenvalue weighted by Crippen LogP contribution is 2.24. The van der Waals surface area contributed by atoms with Gasteiger partial charge >= 0.3 is 0 Å². The molecule has 21 heavy (non-hydrogen) atoms. The van der Waals surface area contributed by atoms with Gasteiger partial charge in [-0.25, -0.2) is 8.42 Å². The number of H-pyrrole nitrogens is 1. The Labute approximate surface area is 123 Å². The second-order valence-electron chi connectivity index (χ2n) is 5.65. The minimum Gasteiger partial charge on any atom is -0.348 e. The summed E-state index contributed by atoms with van der Waals surface area (Å²) in [5.74, 6) is -0.398. The van der Waals surface area contributed by atoms with Gasteiger partial charge in [-0.15, -0.1) is 0 Å². The Morgan fingerprint density at radius 3 is 2.57 bits per heavy atom. The zero-order chi connectivity index (χ0) is 15.6. The maximum Gasteiger partial charge on any atom is 0.251 e. The van der Waals surface area contributed by atoms with Crippen molar-refractivity contribution in [1.29, 1.82) is 0 Å². The van der Waals surface area contributed by atoms with Crippen LogP contribution in [0, 0.1) is 6.92 Å². The highest BCUT2D eigenvalue weighted by atomic mass is 32.2. The van der Waals surface area contributed by atoms with Crippen LogP contribution in [-0.2, 0) is 9.84 Å². The van der Waals surface area contributed by atoms with Crippen LogP contribution in [0.25, 0.3) is 0 Å². The molecule has 0 spiro atoms. The number of carbonyl (C=O) groups is 1. The Kier molecular flexibility index (Phi) is 4.51. The van der Waals surface area contributed by atoms with Crippen LogP contribution in [0.3, 0.4) is 0 Å². The molecule has 0 aliphatic heterocycles. The first-order valence-corrected chi connectivity index (χ1v) is 8.93.